The van der Waals surface area contributed by atoms with Gasteiger partial charge in [-0.3, -0.25) is 4.68 Å². The second kappa shape index (κ2) is 3.42. The first-order chi connectivity index (χ1) is 6.36. The molecule has 0 aromatic carbocycles. The van der Waals surface area contributed by atoms with Crippen LogP contribution in [0.5, 0.6) is 0 Å². The molecule has 0 aliphatic carbocycles. The lowest BCUT2D eigenvalue weighted by Crippen LogP contribution is -2.30. The van der Waals surface area contributed by atoms with Crippen LogP contribution in [0.2, 0.25) is 0 Å². The SMILES string of the molecule is COC(=O)c1nn(C)cc1C(C)(C)N. The summed E-state index contributed by atoms with van der Waals surface area (Å²) in [5, 5.41) is 4.01. The van der Waals surface area contributed by atoms with Crippen molar-refractivity contribution in [3.05, 3.63) is 17.5 Å². The van der Waals surface area contributed by atoms with Crippen molar-refractivity contribution in [1.29, 1.82) is 0 Å². The lowest BCUT2D eigenvalue weighted by Gasteiger charge is -2.17. The summed E-state index contributed by atoms with van der Waals surface area (Å²) in [6.07, 6.45) is 1.73. The van der Waals surface area contributed by atoms with Crippen LogP contribution < -0.4 is 5.73 Å². The number of aromatic nitrogens is 2. The average molecular weight is 197 g/mol. The molecular weight excluding hydrogens is 182 g/mol. The Labute approximate surface area is 82.8 Å². The molecule has 0 bridgehead atoms. The van der Waals surface area contributed by atoms with Gasteiger partial charge in [0.25, 0.3) is 0 Å². The summed E-state index contributed by atoms with van der Waals surface area (Å²) in [5.41, 5.74) is 6.27. The minimum absolute atomic E-state index is 0.280. The highest BCUT2D eigenvalue weighted by Crippen LogP contribution is 2.20. The zero-order chi connectivity index (χ0) is 10.9. The van der Waals surface area contributed by atoms with Gasteiger partial charge >= 0.3 is 5.97 Å². The van der Waals surface area contributed by atoms with E-state index in [1.54, 1.807) is 17.9 Å². The lowest BCUT2D eigenvalue weighted by atomic mass is 9.96. The number of carbonyl (C=O) groups is 1. The molecule has 78 valence electrons. The summed E-state index contributed by atoms with van der Waals surface area (Å²) in [7, 11) is 3.06. The Kier molecular flexibility index (Phi) is 2.62. The van der Waals surface area contributed by atoms with Crippen molar-refractivity contribution < 1.29 is 9.53 Å². The quantitative estimate of drug-likeness (QED) is 0.697. The van der Waals surface area contributed by atoms with Gasteiger partial charge in [-0.1, -0.05) is 0 Å². The number of nitrogens with zero attached hydrogens (tertiary/aromatic N) is 2. The Morgan fingerprint density at radius 3 is 2.64 bits per heavy atom. The maximum atomic E-state index is 11.3. The zero-order valence-corrected chi connectivity index (χ0v) is 8.87. The molecule has 1 aromatic rings. The minimum atomic E-state index is -0.599. The van der Waals surface area contributed by atoms with Crippen molar-refractivity contribution in [1.82, 2.24) is 9.78 Å². The third-order valence-corrected chi connectivity index (χ3v) is 1.90. The van der Waals surface area contributed by atoms with Crippen LogP contribution in [-0.4, -0.2) is 22.9 Å². The first kappa shape index (κ1) is 10.7. The summed E-state index contributed by atoms with van der Waals surface area (Å²) in [6.45, 7) is 3.63. The minimum Gasteiger partial charge on any atom is -0.464 e. The van der Waals surface area contributed by atoms with Gasteiger partial charge in [0, 0.05) is 24.3 Å². The summed E-state index contributed by atoms with van der Waals surface area (Å²) >= 11 is 0. The van der Waals surface area contributed by atoms with E-state index in [0.717, 1.165) is 0 Å². The Balaban J connectivity index is 3.23. The van der Waals surface area contributed by atoms with E-state index in [-0.39, 0.29) is 5.69 Å². The normalized spacial score (nSPS) is 11.5. The van der Waals surface area contributed by atoms with Gasteiger partial charge in [0.05, 0.1) is 7.11 Å². The summed E-state index contributed by atoms with van der Waals surface area (Å²) in [4.78, 5) is 11.3. The fourth-order valence-electron chi connectivity index (χ4n) is 1.21. The highest BCUT2D eigenvalue weighted by molar-refractivity contribution is 5.89. The molecule has 0 aliphatic rings. The fourth-order valence-corrected chi connectivity index (χ4v) is 1.21. The Bertz CT molecular complexity index is 349. The van der Waals surface area contributed by atoms with Crippen LogP contribution >= 0.6 is 0 Å². The van der Waals surface area contributed by atoms with E-state index >= 15 is 0 Å². The van der Waals surface area contributed by atoms with Gasteiger partial charge in [-0.25, -0.2) is 4.79 Å². The van der Waals surface area contributed by atoms with Crippen molar-refractivity contribution in [2.75, 3.05) is 7.11 Å². The maximum Gasteiger partial charge on any atom is 0.358 e. The Hall–Kier alpha value is -1.36. The van der Waals surface area contributed by atoms with Crippen LogP contribution in [0.3, 0.4) is 0 Å². The number of nitrogens with two attached hydrogens (primary N) is 1. The molecule has 0 saturated carbocycles. The molecule has 5 nitrogen and oxygen atoms in total. The van der Waals surface area contributed by atoms with E-state index in [2.05, 4.69) is 9.84 Å². The van der Waals surface area contributed by atoms with E-state index in [1.807, 2.05) is 13.8 Å². The largest absolute Gasteiger partial charge is 0.464 e. The smallest absolute Gasteiger partial charge is 0.358 e. The van der Waals surface area contributed by atoms with Crippen LogP contribution in [-0.2, 0) is 17.3 Å². The number of esters is 1. The van der Waals surface area contributed by atoms with Crippen molar-refractivity contribution >= 4 is 5.97 Å². The van der Waals surface area contributed by atoms with Gasteiger partial charge in [-0.05, 0) is 13.8 Å². The third-order valence-electron chi connectivity index (χ3n) is 1.90. The number of rotatable bonds is 2. The highest BCUT2D eigenvalue weighted by Gasteiger charge is 2.26. The van der Waals surface area contributed by atoms with Gasteiger partial charge in [-0.15, -0.1) is 0 Å². The van der Waals surface area contributed by atoms with Crippen LogP contribution in [0.25, 0.3) is 0 Å². The predicted molar refractivity (Wildman–Crippen MR) is 51.8 cm³/mol. The molecule has 1 heterocycles. The molecular formula is C9H15N3O2. The third kappa shape index (κ3) is 1.93. The van der Waals surface area contributed by atoms with Crippen LogP contribution in [0.1, 0.15) is 29.9 Å². The van der Waals surface area contributed by atoms with Crippen molar-refractivity contribution in [3.63, 3.8) is 0 Å². The van der Waals surface area contributed by atoms with Crippen LogP contribution in [0, 0.1) is 0 Å². The zero-order valence-electron chi connectivity index (χ0n) is 8.87. The summed E-state index contributed by atoms with van der Waals surface area (Å²) < 4.78 is 6.17. The molecule has 0 fully saturated rings. The molecule has 5 heteroatoms. The molecule has 0 radical (unpaired) electrons. The topological polar surface area (TPSA) is 70.1 Å². The highest BCUT2D eigenvalue weighted by atomic mass is 16.5. The average Bonchev–Trinajstić information content (AvgIpc) is 2.45. The molecule has 0 unspecified atom stereocenters. The fraction of sp³-hybridized carbons (Fsp3) is 0.556. The van der Waals surface area contributed by atoms with E-state index in [4.69, 9.17) is 5.73 Å². The summed E-state index contributed by atoms with van der Waals surface area (Å²) in [5.74, 6) is -0.459. The Morgan fingerprint density at radius 2 is 2.21 bits per heavy atom. The van der Waals surface area contributed by atoms with E-state index < -0.39 is 11.5 Å². The van der Waals surface area contributed by atoms with Gasteiger partial charge in [0.15, 0.2) is 5.69 Å². The molecule has 1 aromatic heterocycles. The Morgan fingerprint density at radius 1 is 1.64 bits per heavy atom. The van der Waals surface area contributed by atoms with Crippen molar-refractivity contribution in [3.8, 4) is 0 Å². The number of hydrogen-bond donors (Lipinski definition) is 1. The van der Waals surface area contributed by atoms with Gasteiger partial charge in [0.2, 0.25) is 0 Å². The number of hydrogen-bond acceptors (Lipinski definition) is 4. The van der Waals surface area contributed by atoms with E-state index in [0.29, 0.717) is 5.56 Å². The standard InChI is InChI=1S/C9H15N3O2/c1-9(2,10)6-5-12(3)11-7(6)8(13)14-4/h5H,10H2,1-4H3. The van der Waals surface area contributed by atoms with Crippen molar-refractivity contribution in [2.45, 2.75) is 19.4 Å². The lowest BCUT2D eigenvalue weighted by molar-refractivity contribution is 0.0590. The van der Waals surface area contributed by atoms with Crippen LogP contribution in [0.15, 0.2) is 6.20 Å². The van der Waals surface area contributed by atoms with Gasteiger partial charge < -0.3 is 10.5 Å². The van der Waals surface area contributed by atoms with E-state index in [1.165, 1.54) is 7.11 Å². The number of methoxy groups -OCH3 is 1. The molecule has 1 rings (SSSR count). The molecule has 0 spiro atoms. The number of ether oxygens (including phenoxy) is 1. The second-order valence-electron chi connectivity index (χ2n) is 3.78. The second-order valence-corrected chi connectivity index (χ2v) is 3.78. The van der Waals surface area contributed by atoms with Crippen molar-refractivity contribution in [2.24, 2.45) is 12.8 Å². The number of aryl methyl sites for hydroxylation is 1. The molecule has 0 atom stereocenters. The molecule has 0 aliphatic heterocycles. The first-order valence-corrected chi connectivity index (χ1v) is 4.27. The molecule has 0 saturated heterocycles. The molecule has 2 N–H and O–H groups in total. The van der Waals surface area contributed by atoms with Gasteiger partial charge in [-0.2, -0.15) is 5.10 Å². The monoisotopic (exact) mass is 197 g/mol. The number of carbonyl (C=O) groups excluding carboxylic acids is 1. The first-order valence-electron chi connectivity index (χ1n) is 4.27. The van der Waals surface area contributed by atoms with E-state index in [9.17, 15) is 4.79 Å². The summed E-state index contributed by atoms with van der Waals surface area (Å²) in [6, 6.07) is 0. The predicted octanol–water partition coefficient (Wildman–Crippen LogP) is 0.400. The van der Waals surface area contributed by atoms with Crippen LogP contribution in [0.4, 0.5) is 0 Å². The maximum absolute atomic E-state index is 11.3. The molecule has 0 amide bonds. The molecule has 14 heavy (non-hydrogen) atoms. The van der Waals surface area contributed by atoms with Gasteiger partial charge in [0.1, 0.15) is 0 Å².